The van der Waals surface area contributed by atoms with Gasteiger partial charge < -0.3 is 11.1 Å². The van der Waals surface area contributed by atoms with Gasteiger partial charge in [0.2, 0.25) is 5.91 Å². The normalized spacial score (nSPS) is 38.6. The van der Waals surface area contributed by atoms with Crippen LogP contribution in [0.1, 0.15) is 38.5 Å². The second-order valence-electron chi connectivity index (χ2n) is 5.25. The Hall–Kier alpha value is -0.420. The molecule has 1 aliphatic heterocycles. The van der Waals surface area contributed by atoms with Crippen LogP contribution in [0.25, 0.3) is 0 Å². The first kappa shape index (κ1) is 13.0. The lowest BCUT2D eigenvalue weighted by atomic mass is 9.85. The first-order chi connectivity index (χ1) is 8.15. The molecule has 0 aromatic carbocycles. The van der Waals surface area contributed by atoms with Gasteiger partial charge in [0, 0.05) is 40.3 Å². The van der Waals surface area contributed by atoms with Gasteiger partial charge in [-0.05, 0) is 32.1 Å². The van der Waals surface area contributed by atoms with Crippen LogP contribution in [0.3, 0.4) is 0 Å². The third-order valence-electron chi connectivity index (χ3n) is 3.82. The second kappa shape index (κ2) is 5.96. The van der Waals surface area contributed by atoms with E-state index in [9.17, 15) is 9.00 Å². The summed E-state index contributed by atoms with van der Waals surface area (Å²) in [5.74, 6) is 1.73. The fourth-order valence-electron chi connectivity index (χ4n) is 2.72. The maximum Gasteiger partial charge on any atom is 0.223 e. The van der Waals surface area contributed by atoms with E-state index in [1.807, 2.05) is 0 Å². The van der Waals surface area contributed by atoms with Gasteiger partial charge >= 0.3 is 0 Å². The van der Waals surface area contributed by atoms with Crippen molar-refractivity contribution in [3.63, 3.8) is 0 Å². The predicted octanol–water partition coefficient (Wildman–Crippen LogP) is 0.531. The quantitative estimate of drug-likeness (QED) is 0.759. The molecule has 1 amide bonds. The molecule has 0 aromatic rings. The van der Waals surface area contributed by atoms with Gasteiger partial charge in [-0.2, -0.15) is 0 Å². The van der Waals surface area contributed by atoms with Crippen LogP contribution >= 0.6 is 0 Å². The summed E-state index contributed by atoms with van der Waals surface area (Å²) in [6.07, 6.45) is 5.62. The molecule has 1 saturated heterocycles. The van der Waals surface area contributed by atoms with Crippen LogP contribution < -0.4 is 11.1 Å². The van der Waals surface area contributed by atoms with Crippen molar-refractivity contribution >= 4 is 16.7 Å². The zero-order chi connectivity index (χ0) is 12.3. The molecule has 0 aromatic heterocycles. The molecule has 0 spiro atoms. The lowest BCUT2D eigenvalue weighted by Gasteiger charge is -2.29. The van der Waals surface area contributed by atoms with Crippen molar-refractivity contribution in [1.29, 1.82) is 0 Å². The molecule has 2 aliphatic rings. The van der Waals surface area contributed by atoms with Crippen LogP contribution in [0.2, 0.25) is 0 Å². The van der Waals surface area contributed by atoms with E-state index in [-0.39, 0.29) is 23.9 Å². The number of rotatable bonds is 2. The van der Waals surface area contributed by atoms with E-state index in [1.165, 1.54) is 0 Å². The highest BCUT2D eigenvalue weighted by Crippen LogP contribution is 2.23. The lowest BCUT2D eigenvalue weighted by Crippen LogP contribution is -2.44. The molecule has 3 N–H and O–H groups in total. The summed E-state index contributed by atoms with van der Waals surface area (Å²) in [5.41, 5.74) is 5.89. The topological polar surface area (TPSA) is 72.2 Å². The van der Waals surface area contributed by atoms with Crippen molar-refractivity contribution in [2.75, 3.05) is 11.5 Å². The van der Waals surface area contributed by atoms with Crippen LogP contribution in [0.15, 0.2) is 0 Å². The van der Waals surface area contributed by atoms with Crippen molar-refractivity contribution < 1.29 is 9.00 Å². The first-order valence-electron chi connectivity index (χ1n) is 6.56. The zero-order valence-corrected chi connectivity index (χ0v) is 11.0. The van der Waals surface area contributed by atoms with Gasteiger partial charge in [0.15, 0.2) is 0 Å². The first-order valence-corrected chi connectivity index (χ1v) is 8.05. The summed E-state index contributed by atoms with van der Waals surface area (Å²) < 4.78 is 11.2. The number of carbonyl (C=O) groups is 1. The molecule has 2 fully saturated rings. The summed E-state index contributed by atoms with van der Waals surface area (Å²) >= 11 is 0. The molecule has 17 heavy (non-hydrogen) atoms. The highest BCUT2D eigenvalue weighted by Gasteiger charge is 2.27. The standard InChI is InChI=1S/C12H22N2O2S/c13-10-3-1-2-9(8-10)12(15)14-11-4-6-17(16)7-5-11/h9-11H,1-8,13H2,(H,14,15). The van der Waals surface area contributed by atoms with Crippen molar-refractivity contribution in [3.8, 4) is 0 Å². The Morgan fingerprint density at radius 1 is 1.18 bits per heavy atom. The fourth-order valence-corrected chi connectivity index (χ4v) is 4.02. The van der Waals surface area contributed by atoms with Crippen LogP contribution in [0, 0.1) is 5.92 Å². The van der Waals surface area contributed by atoms with Crippen molar-refractivity contribution in [1.82, 2.24) is 5.32 Å². The number of amides is 1. The van der Waals surface area contributed by atoms with Gasteiger partial charge in [-0.1, -0.05) is 6.42 Å². The predicted molar refractivity (Wildman–Crippen MR) is 69.0 cm³/mol. The van der Waals surface area contributed by atoms with Crippen molar-refractivity contribution in [2.45, 2.75) is 50.6 Å². The summed E-state index contributed by atoms with van der Waals surface area (Å²) in [5, 5.41) is 3.10. The van der Waals surface area contributed by atoms with E-state index in [0.717, 1.165) is 50.0 Å². The Morgan fingerprint density at radius 2 is 1.88 bits per heavy atom. The van der Waals surface area contributed by atoms with Crippen LogP contribution in [-0.4, -0.2) is 33.7 Å². The minimum atomic E-state index is -0.657. The van der Waals surface area contributed by atoms with Gasteiger partial charge in [0.25, 0.3) is 0 Å². The molecular weight excluding hydrogens is 236 g/mol. The van der Waals surface area contributed by atoms with Crippen LogP contribution in [0.4, 0.5) is 0 Å². The highest BCUT2D eigenvalue weighted by atomic mass is 32.2. The number of carbonyl (C=O) groups excluding carboxylic acids is 1. The Balaban J connectivity index is 1.78. The second-order valence-corrected chi connectivity index (χ2v) is 6.95. The number of nitrogens with two attached hydrogens (primary N) is 1. The molecule has 2 atom stereocenters. The van der Waals surface area contributed by atoms with E-state index in [1.54, 1.807) is 0 Å². The Morgan fingerprint density at radius 3 is 2.53 bits per heavy atom. The molecule has 0 bridgehead atoms. The Labute approximate surface area is 105 Å². The van der Waals surface area contributed by atoms with Gasteiger partial charge in [-0.15, -0.1) is 0 Å². The SMILES string of the molecule is NC1CCCC(C(=O)NC2CCS(=O)CC2)C1. The molecule has 98 valence electrons. The number of hydrogen-bond donors (Lipinski definition) is 2. The summed E-state index contributed by atoms with van der Waals surface area (Å²) in [4.78, 5) is 12.1. The third-order valence-corrected chi connectivity index (χ3v) is 5.20. The van der Waals surface area contributed by atoms with Crippen molar-refractivity contribution in [3.05, 3.63) is 0 Å². The zero-order valence-electron chi connectivity index (χ0n) is 10.2. The average Bonchev–Trinajstić information content (AvgIpc) is 2.32. The highest BCUT2D eigenvalue weighted by molar-refractivity contribution is 7.85. The Bertz CT molecular complexity index is 299. The van der Waals surface area contributed by atoms with E-state index < -0.39 is 10.8 Å². The van der Waals surface area contributed by atoms with E-state index in [0.29, 0.717) is 0 Å². The summed E-state index contributed by atoms with van der Waals surface area (Å²) in [6.45, 7) is 0. The molecule has 4 nitrogen and oxygen atoms in total. The monoisotopic (exact) mass is 258 g/mol. The van der Waals surface area contributed by atoms with Crippen LogP contribution in [0.5, 0.6) is 0 Å². The minimum absolute atomic E-state index is 0.103. The van der Waals surface area contributed by atoms with E-state index >= 15 is 0 Å². The van der Waals surface area contributed by atoms with Crippen molar-refractivity contribution in [2.24, 2.45) is 11.7 Å². The molecule has 5 heteroatoms. The molecule has 2 unspecified atom stereocenters. The average molecular weight is 258 g/mol. The van der Waals surface area contributed by atoms with Gasteiger partial charge in [0.1, 0.15) is 0 Å². The molecular formula is C12H22N2O2S. The minimum Gasteiger partial charge on any atom is -0.353 e. The maximum atomic E-state index is 12.1. The molecule has 1 aliphatic carbocycles. The van der Waals surface area contributed by atoms with Gasteiger partial charge in [-0.25, -0.2) is 0 Å². The third kappa shape index (κ3) is 3.78. The van der Waals surface area contributed by atoms with Gasteiger partial charge in [0.05, 0.1) is 0 Å². The van der Waals surface area contributed by atoms with Crippen LogP contribution in [-0.2, 0) is 15.6 Å². The maximum absolute atomic E-state index is 12.1. The van der Waals surface area contributed by atoms with Gasteiger partial charge in [-0.3, -0.25) is 9.00 Å². The number of nitrogens with one attached hydrogen (secondary N) is 1. The summed E-state index contributed by atoms with van der Waals surface area (Å²) in [6, 6.07) is 0.428. The molecule has 2 rings (SSSR count). The lowest BCUT2D eigenvalue weighted by molar-refractivity contribution is -0.126. The van der Waals surface area contributed by atoms with E-state index in [4.69, 9.17) is 5.73 Å². The number of hydrogen-bond acceptors (Lipinski definition) is 3. The smallest absolute Gasteiger partial charge is 0.223 e. The largest absolute Gasteiger partial charge is 0.353 e. The molecule has 0 radical (unpaired) electrons. The molecule has 1 saturated carbocycles. The summed E-state index contributed by atoms with van der Waals surface area (Å²) in [7, 11) is -0.657. The Kier molecular flexibility index (Phi) is 4.56. The van der Waals surface area contributed by atoms with E-state index in [2.05, 4.69) is 5.32 Å². The molecule has 1 heterocycles. The fraction of sp³-hybridized carbons (Fsp3) is 0.917.